The van der Waals surface area contributed by atoms with Crippen LogP contribution < -0.4 is 0 Å². The summed E-state index contributed by atoms with van der Waals surface area (Å²) in [5, 5.41) is 0. The number of Topliss-reactive ketones (excluding diaryl/α,β-unsaturated/α-hetero) is 1. The SMILES string of the molecule is Cc1cc(F)cc(C(=O)C2CCC2)c1. The van der Waals surface area contributed by atoms with Crippen LogP contribution in [0.4, 0.5) is 4.39 Å². The third-order valence-electron chi connectivity index (χ3n) is 2.80. The molecule has 1 aromatic carbocycles. The molecule has 0 radical (unpaired) electrons. The first-order chi connectivity index (χ1) is 6.66. The highest BCUT2D eigenvalue weighted by Crippen LogP contribution is 2.30. The Labute approximate surface area is 82.9 Å². The molecule has 74 valence electrons. The lowest BCUT2D eigenvalue weighted by atomic mass is 9.80. The highest BCUT2D eigenvalue weighted by molar-refractivity contribution is 5.98. The largest absolute Gasteiger partial charge is 0.294 e. The highest BCUT2D eigenvalue weighted by atomic mass is 19.1. The van der Waals surface area contributed by atoms with Gasteiger partial charge in [0.2, 0.25) is 0 Å². The summed E-state index contributed by atoms with van der Waals surface area (Å²) in [7, 11) is 0. The summed E-state index contributed by atoms with van der Waals surface area (Å²) in [4.78, 5) is 11.8. The van der Waals surface area contributed by atoms with Crippen molar-refractivity contribution in [3.8, 4) is 0 Å². The first kappa shape index (κ1) is 9.38. The molecule has 2 rings (SSSR count). The summed E-state index contributed by atoms with van der Waals surface area (Å²) in [6.45, 7) is 1.81. The van der Waals surface area contributed by atoms with Crippen LogP contribution in [0.2, 0.25) is 0 Å². The second-order valence-corrected chi connectivity index (χ2v) is 4.01. The van der Waals surface area contributed by atoms with Gasteiger partial charge in [0.05, 0.1) is 0 Å². The maximum Gasteiger partial charge on any atom is 0.166 e. The average Bonchev–Trinajstić information content (AvgIpc) is 1.98. The topological polar surface area (TPSA) is 17.1 Å². The summed E-state index contributed by atoms with van der Waals surface area (Å²) in [6.07, 6.45) is 3.06. The van der Waals surface area contributed by atoms with Gasteiger partial charge in [0, 0.05) is 11.5 Å². The van der Waals surface area contributed by atoms with Crippen LogP contribution >= 0.6 is 0 Å². The van der Waals surface area contributed by atoms with Crippen LogP contribution in [0.1, 0.15) is 35.2 Å². The number of hydrogen-bond donors (Lipinski definition) is 0. The van der Waals surface area contributed by atoms with Crippen molar-refractivity contribution in [2.45, 2.75) is 26.2 Å². The van der Waals surface area contributed by atoms with Gasteiger partial charge in [-0.15, -0.1) is 0 Å². The standard InChI is InChI=1S/C12H13FO/c1-8-5-10(7-11(13)6-8)12(14)9-3-2-4-9/h5-7,9H,2-4H2,1H3. The predicted molar refractivity (Wildman–Crippen MR) is 52.8 cm³/mol. The van der Waals surface area contributed by atoms with Gasteiger partial charge in [-0.05, 0) is 43.5 Å². The van der Waals surface area contributed by atoms with E-state index >= 15 is 0 Å². The molecule has 1 fully saturated rings. The zero-order valence-electron chi connectivity index (χ0n) is 8.22. The Kier molecular flexibility index (Phi) is 2.36. The van der Waals surface area contributed by atoms with E-state index in [4.69, 9.17) is 0 Å². The number of halogens is 1. The molecule has 0 amide bonds. The number of ketones is 1. The van der Waals surface area contributed by atoms with Crippen LogP contribution in [0, 0.1) is 18.7 Å². The van der Waals surface area contributed by atoms with Gasteiger partial charge < -0.3 is 0 Å². The molecule has 1 saturated carbocycles. The zero-order chi connectivity index (χ0) is 10.1. The maximum atomic E-state index is 13.0. The molecule has 1 aliphatic carbocycles. The van der Waals surface area contributed by atoms with Crippen LogP contribution in [0.5, 0.6) is 0 Å². The lowest BCUT2D eigenvalue weighted by Crippen LogP contribution is -2.22. The summed E-state index contributed by atoms with van der Waals surface area (Å²) in [5.41, 5.74) is 1.35. The molecular weight excluding hydrogens is 179 g/mol. The summed E-state index contributed by atoms with van der Waals surface area (Å²) in [6, 6.07) is 4.55. The number of benzene rings is 1. The molecular formula is C12H13FO. The van der Waals surface area contributed by atoms with E-state index in [1.54, 1.807) is 13.0 Å². The molecule has 0 spiro atoms. The van der Waals surface area contributed by atoms with Crippen molar-refractivity contribution in [1.29, 1.82) is 0 Å². The molecule has 0 aliphatic heterocycles. The van der Waals surface area contributed by atoms with Crippen LogP contribution in [0.3, 0.4) is 0 Å². The Bertz CT molecular complexity index is 346. The first-order valence-corrected chi connectivity index (χ1v) is 4.98. The smallest absolute Gasteiger partial charge is 0.166 e. The molecule has 0 saturated heterocycles. The monoisotopic (exact) mass is 192 g/mol. The van der Waals surface area contributed by atoms with Crippen LogP contribution in [-0.2, 0) is 0 Å². The second kappa shape index (κ2) is 3.52. The molecule has 0 unspecified atom stereocenters. The normalized spacial score (nSPS) is 16.4. The van der Waals surface area contributed by atoms with Gasteiger partial charge >= 0.3 is 0 Å². The fourth-order valence-corrected chi connectivity index (χ4v) is 1.78. The number of carbonyl (C=O) groups is 1. The van der Waals surface area contributed by atoms with Crippen molar-refractivity contribution in [3.63, 3.8) is 0 Å². The van der Waals surface area contributed by atoms with Gasteiger partial charge in [0.15, 0.2) is 5.78 Å². The van der Waals surface area contributed by atoms with E-state index in [0.29, 0.717) is 5.56 Å². The Morgan fingerprint density at radius 2 is 2.07 bits per heavy atom. The minimum Gasteiger partial charge on any atom is -0.294 e. The summed E-state index contributed by atoms with van der Waals surface area (Å²) >= 11 is 0. The van der Waals surface area contributed by atoms with Gasteiger partial charge in [-0.2, -0.15) is 0 Å². The Morgan fingerprint density at radius 3 is 2.57 bits per heavy atom. The number of carbonyl (C=O) groups excluding carboxylic acids is 1. The molecule has 0 N–H and O–H groups in total. The van der Waals surface area contributed by atoms with Crippen molar-refractivity contribution in [2.24, 2.45) is 5.92 Å². The van der Waals surface area contributed by atoms with E-state index in [-0.39, 0.29) is 17.5 Å². The van der Waals surface area contributed by atoms with E-state index in [1.807, 2.05) is 0 Å². The number of hydrogen-bond acceptors (Lipinski definition) is 1. The quantitative estimate of drug-likeness (QED) is 0.658. The molecule has 14 heavy (non-hydrogen) atoms. The maximum absolute atomic E-state index is 13.0. The summed E-state index contributed by atoms with van der Waals surface area (Å²) < 4.78 is 13.0. The fraction of sp³-hybridized carbons (Fsp3) is 0.417. The average molecular weight is 192 g/mol. The van der Waals surface area contributed by atoms with Gasteiger partial charge in [-0.1, -0.05) is 6.42 Å². The minimum atomic E-state index is -0.312. The molecule has 1 aromatic rings. The lowest BCUT2D eigenvalue weighted by Gasteiger charge is -2.23. The van der Waals surface area contributed by atoms with Gasteiger partial charge in [0.25, 0.3) is 0 Å². The van der Waals surface area contributed by atoms with E-state index in [2.05, 4.69) is 0 Å². The first-order valence-electron chi connectivity index (χ1n) is 4.98. The van der Waals surface area contributed by atoms with Gasteiger partial charge in [-0.25, -0.2) is 4.39 Å². The molecule has 1 nitrogen and oxygen atoms in total. The third-order valence-corrected chi connectivity index (χ3v) is 2.80. The third kappa shape index (κ3) is 1.69. The minimum absolute atomic E-state index is 0.110. The Morgan fingerprint density at radius 1 is 1.36 bits per heavy atom. The molecule has 0 heterocycles. The van der Waals surface area contributed by atoms with Crippen molar-refractivity contribution in [2.75, 3.05) is 0 Å². The van der Waals surface area contributed by atoms with E-state index in [0.717, 1.165) is 24.8 Å². The number of rotatable bonds is 2. The Balaban J connectivity index is 2.26. The van der Waals surface area contributed by atoms with Crippen molar-refractivity contribution in [1.82, 2.24) is 0 Å². The summed E-state index contributed by atoms with van der Waals surface area (Å²) in [5.74, 6) is -0.0530. The Hall–Kier alpha value is -1.18. The second-order valence-electron chi connectivity index (χ2n) is 4.01. The van der Waals surface area contributed by atoms with Crippen LogP contribution in [0.15, 0.2) is 18.2 Å². The highest BCUT2D eigenvalue weighted by Gasteiger charge is 2.26. The van der Waals surface area contributed by atoms with E-state index < -0.39 is 0 Å². The molecule has 2 heteroatoms. The molecule has 0 aromatic heterocycles. The van der Waals surface area contributed by atoms with Crippen LogP contribution in [-0.4, -0.2) is 5.78 Å². The van der Waals surface area contributed by atoms with Gasteiger partial charge in [-0.3, -0.25) is 4.79 Å². The molecule has 1 aliphatic rings. The number of aryl methyl sites for hydroxylation is 1. The van der Waals surface area contributed by atoms with Crippen LogP contribution in [0.25, 0.3) is 0 Å². The zero-order valence-corrected chi connectivity index (χ0v) is 8.22. The fourth-order valence-electron chi connectivity index (χ4n) is 1.78. The van der Waals surface area contributed by atoms with Crippen molar-refractivity contribution >= 4 is 5.78 Å². The molecule has 0 atom stereocenters. The van der Waals surface area contributed by atoms with Crippen molar-refractivity contribution in [3.05, 3.63) is 35.1 Å². The van der Waals surface area contributed by atoms with Crippen molar-refractivity contribution < 1.29 is 9.18 Å². The lowest BCUT2D eigenvalue weighted by molar-refractivity contribution is 0.0854. The van der Waals surface area contributed by atoms with E-state index in [1.165, 1.54) is 12.1 Å². The van der Waals surface area contributed by atoms with E-state index in [9.17, 15) is 9.18 Å². The molecule has 0 bridgehead atoms. The predicted octanol–water partition coefficient (Wildman–Crippen LogP) is 3.12. The van der Waals surface area contributed by atoms with Gasteiger partial charge in [0.1, 0.15) is 5.82 Å².